The molecule has 0 radical (unpaired) electrons. The molecule has 0 saturated heterocycles. The SMILES string of the molecule is Cc1cc(F)cc(S(N)(=O)=O)c1Br. The van der Waals surface area contributed by atoms with Crippen LogP contribution in [0.4, 0.5) is 4.39 Å². The molecule has 13 heavy (non-hydrogen) atoms. The van der Waals surface area contributed by atoms with Gasteiger partial charge in [-0.15, -0.1) is 0 Å². The third kappa shape index (κ3) is 2.26. The molecular weight excluding hydrogens is 261 g/mol. The van der Waals surface area contributed by atoms with Crippen LogP contribution < -0.4 is 5.14 Å². The number of halogens is 2. The first-order valence-electron chi connectivity index (χ1n) is 3.31. The van der Waals surface area contributed by atoms with Gasteiger partial charge >= 0.3 is 0 Å². The summed E-state index contributed by atoms with van der Waals surface area (Å²) in [7, 11) is -3.87. The third-order valence-electron chi connectivity index (χ3n) is 1.49. The minimum atomic E-state index is -3.87. The average Bonchev–Trinajstić information content (AvgIpc) is 1.94. The molecule has 0 aliphatic heterocycles. The summed E-state index contributed by atoms with van der Waals surface area (Å²) in [4.78, 5) is -0.231. The van der Waals surface area contributed by atoms with E-state index in [0.717, 1.165) is 6.07 Å². The summed E-state index contributed by atoms with van der Waals surface area (Å²) in [6.45, 7) is 1.59. The first-order valence-corrected chi connectivity index (χ1v) is 5.65. The predicted molar refractivity (Wildman–Crippen MR) is 50.2 cm³/mol. The van der Waals surface area contributed by atoms with E-state index in [4.69, 9.17) is 5.14 Å². The van der Waals surface area contributed by atoms with Gasteiger partial charge in [0.15, 0.2) is 0 Å². The molecule has 0 amide bonds. The minimum Gasteiger partial charge on any atom is -0.225 e. The van der Waals surface area contributed by atoms with E-state index in [1.807, 2.05) is 0 Å². The van der Waals surface area contributed by atoms with Crippen LogP contribution in [0.3, 0.4) is 0 Å². The van der Waals surface area contributed by atoms with Crippen LogP contribution in [0.1, 0.15) is 5.56 Å². The fourth-order valence-electron chi connectivity index (χ4n) is 0.902. The second kappa shape index (κ2) is 3.36. The van der Waals surface area contributed by atoms with Gasteiger partial charge in [-0.05, 0) is 40.5 Å². The molecule has 0 bridgehead atoms. The van der Waals surface area contributed by atoms with Crippen LogP contribution in [-0.2, 0) is 10.0 Å². The summed E-state index contributed by atoms with van der Waals surface area (Å²) < 4.78 is 35.0. The number of hydrogen-bond acceptors (Lipinski definition) is 2. The number of sulfonamides is 1. The van der Waals surface area contributed by atoms with Gasteiger partial charge in [-0.3, -0.25) is 0 Å². The van der Waals surface area contributed by atoms with Crippen molar-refractivity contribution in [3.8, 4) is 0 Å². The van der Waals surface area contributed by atoms with Gasteiger partial charge in [0.2, 0.25) is 10.0 Å². The van der Waals surface area contributed by atoms with Crippen LogP contribution in [0.15, 0.2) is 21.5 Å². The fraction of sp³-hybridized carbons (Fsp3) is 0.143. The Morgan fingerprint density at radius 3 is 2.46 bits per heavy atom. The molecular formula is C7H7BrFNO2S. The molecule has 0 atom stereocenters. The number of benzene rings is 1. The molecule has 72 valence electrons. The largest absolute Gasteiger partial charge is 0.239 e. The fourth-order valence-corrected chi connectivity index (χ4v) is 2.50. The number of aryl methyl sites for hydroxylation is 1. The summed E-state index contributed by atoms with van der Waals surface area (Å²) >= 11 is 3.02. The summed E-state index contributed by atoms with van der Waals surface area (Å²) in [6, 6.07) is 2.10. The van der Waals surface area contributed by atoms with Crippen LogP contribution in [0.2, 0.25) is 0 Å². The number of primary sulfonamides is 1. The number of hydrogen-bond donors (Lipinski definition) is 1. The van der Waals surface area contributed by atoms with Crippen LogP contribution in [-0.4, -0.2) is 8.42 Å². The predicted octanol–water partition coefficient (Wildman–Crippen LogP) is 1.54. The maximum Gasteiger partial charge on any atom is 0.239 e. The standard InChI is InChI=1S/C7H7BrFNO2S/c1-4-2-5(9)3-6(7(4)8)13(10,11)12/h2-3H,1H3,(H2,10,11,12). The van der Waals surface area contributed by atoms with Gasteiger partial charge in [0.05, 0.1) is 4.90 Å². The van der Waals surface area contributed by atoms with Crippen molar-refractivity contribution in [3.05, 3.63) is 28.0 Å². The lowest BCUT2D eigenvalue weighted by atomic mass is 10.2. The molecule has 6 heteroatoms. The van der Waals surface area contributed by atoms with Gasteiger partial charge in [-0.25, -0.2) is 17.9 Å². The zero-order valence-corrected chi connectivity index (χ0v) is 9.12. The number of nitrogens with two attached hydrogens (primary N) is 1. The zero-order chi connectivity index (χ0) is 10.2. The molecule has 0 aliphatic rings. The van der Waals surface area contributed by atoms with Crippen LogP contribution >= 0.6 is 15.9 Å². The van der Waals surface area contributed by atoms with Gasteiger partial charge in [-0.1, -0.05) is 0 Å². The van der Waals surface area contributed by atoms with Crippen molar-refractivity contribution in [3.63, 3.8) is 0 Å². The van der Waals surface area contributed by atoms with Crippen molar-refractivity contribution < 1.29 is 12.8 Å². The highest BCUT2D eigenvalue weighted by atomic mass is 79.9. The highest BCUT2D eigenvalue weighted by Gasteiger charge is 2.15. The Balaban J connectivity index is 3.56. The first-order chi connectivity index (χ1) is 5.82. The maximum atomic E-state index is 12.8. The van der Waals surface area contributed by atoms with E-state index >= 15 is 0 Å². The monoisotopic (exact) mass is 267 g/mol. The van der Waals surface area contributed by atoms with E-state index in [1.165, 1.54) is 6.07 Å². The Kier molecular flexibility index (Phi) is 2.74. The van der Waals surface area contributed by atoms with Crippen molar-refractivity contribution in [2.24, 2.45) is 5.14 Å². The quantitative estimate of drug-likeness (QED) is 0.839. The highest BCUT2D eigenvalue weighted by molar-refractivity contribution is 9.10. The Bertz CT molecular complexity index is 444. The Morgan fingerprint density at radius 2 is 2.00 bits per heavy atom. The van der Waals surface area contributed by atoms with Crippen molar-refractivity contribution >= 4 is 26.0 Å². The van der Waals surface area contributed by atoms with E-state index in [0.29, 0.717) is 10.0 Å². The van der Waals surface area contributed by atoms with Gasteiger partial charge in [0, 0.05) is 4.47 Å². The molecule has 1 aromatic rings. The Hall–Kier alpha value is -0.460. The molecule has 0 unspecified atom stereocenters. The van der Waals surface area contributed by atoms with Crippen LogP contribution in [0.5, 0.6) is 0 Å². The third-order valence-corrected chi connectivity index (χ3v) is 3.74. The van der Waals surface area contributed by atoms with Crippen molar-refractivity contribution in [1.29, 1.82) is 0 Å². The highest BCUT2D eigenvalue weighted by Crippen LogP contribution is 2.25. The normalized spacial score (nSPS) is 11.7. The van der Waals surface area contributed by atoms with Crippen LogP contribution in [0, 0.1) is 12.7 Å². The first kappa shape index (κ1) is 10.6. The van der Waals surface area contributed by atoms with E-state index < -0.39 is 15.8 Å². The van der Waals surface area contributed by atoms with Crippen LogP contribution in [0.25, 0.3) is 0 Å². The average molecular weight is 268 g/mol. The topological polar surface area (TPSA) is 60.2 Å². The maximum absolute atomic E-state index is 12.8. The molecule has 1 aromatic carbocycles. The van der Waals surface area contributed by atoms with Gasteiger partial charge in [-0.2, -0.15) is 0 Å². The minimum absolute atomic E-state index is 0.231. The second-order valence-electron chi connectivity index (χ2n) is 2.58. The summed E-state index contributed by atoms with van der Waals surface area (Å²) in [5, 5.41) is 4.87. The van der Waals surface area contributed by atoms with Gasteiger partial charge in [0.1, 0.15) is 5.82 Å². The van der Waals surface area contributed by atoms with Crippen molar-refractivity contribution in [2.75, 3.05) is 0 Å². The van der Waals surface area contributed by atoms with E-state index in [-0.39, 0.29) is 4.90 Å². The zero-order valence-electron chi connectivity index (χ0n) is 6.71. The van der Waals surface area contributed by atoms with E-state index in [2.05, 4.69) is 15.9 Å². The van der Waals surface area contributed by atoms with Crippen molar-refractivity contribution in [1.82, 2.24) is 0 Å². The molecule has 0 heterocycles. The lowest BCUT2D eigenvalue weighted by Crippen LogP contribution is -2.13. The van der Waals surface area contributed by atoms with E-state index in [9.17, 15) is 12.8 Å². The van der Waals surface area contributed by atoms with Crippen molar-refractivity contribution in [2.45, 2.75) is 11.8 Å². The van der Waals surface area contributed by atoms with Gasteiger partial charge < -0.3 is 0 Å². The molecule has 0 spiro atoms. The molecule has 2 N–H and O–H groups in total. The Morgan fingerprint density at radius 1 is 1.46 bits per heavy atom. The molecule has 0 aliphatic carbocycles. The molecule has 0 fully saturated rings. The lowest BCUT2D eigenvalue weighted by Gasteiger charge is -2.04. The second-order valence-corrected chi connectivity index (χ2v) is 4.90. The molecule has 1 rings (SSSR count). The summed E-state index contributed by atoms with van der Waals surface area (Å²) in [5.41, 5.74) is 0.490. The lowest BCUT2D eigenvalue weighted by molar-refractivity contribution is 0.591. The molecule has 0 saturated carbocycles. The number of rotatable bonds is 1. The smallest absolute Gasteiger partial charge is 0.225 e. The van der Waals surface area contributed by atoms with E-state index in [1.54, 1.807) is 6.92 Å². The Labute approximate surface area is 83.9 Å². The van der Waals surface area contributed by atoms with Gasteiger partial charge in [0.25, 0.3) is 0 Å². The molecule has 3 nitrogen and oxygen atoms in total. The summed E-state index contributed by atoms with van der Waals surface area (Å²) in [5.74, 6) is -0.621. The summed E-state index contributed by atoms with van der Waals surface area (Å²) in [6.07, 6.45) is 0. The molecule has 0 aromatic heterocycles.